The van der Waals surface area contributed by atoms with Crippen molar-refractivity contribution in [2.45, 2.75) is 38.6 Å². The first-order chi connectivity index (χ1) is 6.70. The van der Waals surface area contributed by atoms with Gasteiger partial charge in [-0.05, 0) is 25.8 Å². The molecule has 0 bridgehead atoms. The highest BCUT2D eigenvalue weighted by molar-refractivity contribution is 5.69. The van der Waals surface area contributed by atoms with E-state index in [4.69, 9.17) is 5.11 Å². The monoisotopic (exact) mass is 194 g/mol. The van der Waals surface area contributed by atoms with Crippen molar-refractivity contribution in [2.75, 3.05) is 0 Å². The van der Waals surface area contributed by atoms with Gasteiger partial charge in [-0.2, -0.15) is 5.10 Å². The maximum atomic E-state index is 10.5. The summed E-state index contributed by atoms with van der Waals surface area (Å²) in [6.45, 7) is 2.86. The second-order valence-electron chi connectivity index (χ2n) is 3.72. The van der Waals surface area contributed by atoms with Gasteiger partial charge in [0.15, 0.2) is 0 Å². The molecule has 0 atom stereocenters. The molecule has 0 aromatic carbocycles. The summed E-state index contributed by atoms with van der Waals surface area (Å²) in [5.41, 5.74) is 1.89. The minimum absolute atomic E-state index is 0.0344. The van der Waals surface area contributed by atoms with Crippen LogP contribution in [-0.2, 0) is 17.8 Å². The molecule has 0 saturated heterocycles. The molecule has 0 spiro atoms. The second-order valence-corrected chi connectivity index (χ2v) is 3.72. The molecule has 0 unspecified atom stereocenters. The second kappa shape index (κ2) is 3.44. The van der Waals surface area contributed by atoms with Crippen molar-refractivity contribution < 1.29 is 9.90 Å². The maximum absolute atomic E-state index is 10.5. The molecule has 76 valence electrons. The number of hydrogen-bond acceptors (Lipinski definition) is 2. The van der Waals surface area contributed by atoms with Gasteiger partial charge in [0.25, 0.3) is 0 Å². The van der Waals surface area contributed by atoms with E-state index in [0.29, 0.717) is 11.6 Å². The highest BCUT2D eigenvalue weighted by atomic mass is 16.4. The molecular formula is C10H14N2O2. The summed E-state index contributed by atoms with van der Waals surface area (Å²) < 4.78 is 1.93. The Morgan fingerprint density at radius 2 is 2.43 bits per heavy atom. The Morgan fingerprint density at radius 3 is 2.93 bits per heavy atom. The molecule has 4 heteroatoms. The smallest absolute Gasteiger partial charge is 0.309 e. The van der Waals surface area contributed by atoms with E-state index >= 15 is 0 Å². The molecule has 1 aliphatic rings. The van der Waals surface area contributed by atoms with Crippen molar-refractivity contribution in [3.05, 3.63) is 17.5 Å². The lowest BCUT2D eigenvalue weighted by molar-refractivity contribution is -0.136. The zero-order valence-electron chi connectivity index (χ0n) is 8.23. The normalized spacial score (nSPS) is 15.8. The van der Waals surface area contributed by atoms with Crippen LogP contribution in [0.5, 0.6) is 0 Å². The molecule has 0 radical (unpaired) electrons. The Morgan fingerprint density at radius 1 is 1.71 bits per heavy atom. The Labute approximate surface area is 82.5 Å². The largest absolute Gasteiger partial charge is 0.481 e. The number of carbonyl (C=O) groups is 1. The SMILES string of the molecule is CCn1nc(CC(=O)O)cc1C1CC1. The molecule has 1 aromatic heterocycles. The van der Waals surface area contributed by atoms with Crippen molar-refractivity contribution >= 4 is 5.97 Å². The van der Waals surface area contributed by atoms with E-state index in [1.807, 2.05) is 17.7 Å². The van der Waals surface area contributed by atoms with Crippen LogP contribution in [0.15, 0.2) is 6.07 Å². The van der Waals surface area contributed by atoms with Gasteiger partial charge in [-0.3, -0.25) is 9.48 Å². The topological polar surface area (TPSA) is 55.1 Å². The molecule has 2 rings (SSSR count). The van der Waals surface area contributed by atoms with E-state index in [-0.39, 0.29) is 6.42 Å². The number of aryl methyl sites for hydroxylation is 1. The van der Waals surface area contributed by atoms with Gasteiger partial charge >= 0.3 is 5.97 Å². The van der Waals surface area contributed by atoms with Crippen molar-refractivity contribution in [1.29, 1.82) is 0 Å². The van der Waals surface area contributed by atoms with Crippen LogP contribution in [0.3, 0.4) is 0 Å². The number of hydrogen-bond donors (Lipinski definition) is 1. The molecule has 1 aliphatic carbocycles. The van der Waals surface area contributed by atoms with Crippen LogP contribution in [0.1, 0.15) is 37.1 Å². The molecule has 1 heterocycles. The Kier molecular flexibility index (Phi) is 2.27. The summed E-state index contributed by atoms with van der Waals surface area (Å²) in [6, 6.07) is 1.94. The Bertz CT molecular complexity index is 353. The summed E-state index contributed by atoms with van der Waals surface area (Å²) in [6.07, 6.45) is 2.48. The highest BCUT2D eigenvalue weighted by Gasteiger charge is 2.27. The number of carboxylic acids is 1. The predicted octanol–water partition coefficient (Wildman–Crippen LogP) is 1.41. The highest BCUT2D eigenvalue weighted by Crippen LogP contribution is 2.40. The average molecular weight is 194 g/mol. The number of nitrogens with zero attached hydrogens (tertiary/aromatic N) is 2. The van der Waals surface area contributed by atoms with E-state index in [0.717, 1.165) is 6.54 Å². The Hall–Kier alpha value is -1.32. The number of aromatic nitrogens is 2. The minimum Gasteiger partial charge on any atom is -0.481 e. The number of rotatable bonds is 4. The molecular weight excluding hydrogens is 180 g/mol. The standard InChI is InChI=1S/C10H14N2O2/c1-2-12-9(7-3-4-7)5-8(11-12)6-10(13)14/h5,7H,2-4,6H2,1H3,(H,13,14). The molecule has 14 heavy (non-hydrogen) atoms. The molecule has 1 fully saturated rings. The predicted molar refractivity (Wildman–Crippen MR) is 51.2 cm³/mol. The summed E-state index contributed by atoms with van der Waals surface area (Å²) in [5.74, 6) is -0.182. The van der Waals surface area contributed by atoms with Gasteiger partial charge < -0.3 is 5.11 Å². The van der Waals surface area contributed by atoms with Gasteiger partial charge in [0, 0.05) is 18.2 Å². The van der Waals surface area contributed by atoms with Crippen LogP contribution < -0.4 is 0 Å². The van der Waals surface area contributed by atoms with Crippen LogP contribution in [0.25, 0.3) is 0 Å². The third-order valence-electron chi connectivity index (χ3n) is 2.49. The van der Waals surface area contributed by atoms with E-state index < -0.39 is 5.97 Å². The zero-order valence-corrected chi connectivity index (χ0v) is 8.23. The molecule has 1 aromatic rings. The average Bonchev–Trinajstić information content (AvgIpc) is 2.88. The molecule has 1 N–H and O–H groups in total. The molecule has 0 aliphatic heterocycles. The fraction of sp³-hybridized carbons (Fsp3) is 0.600. The van der Waals surface area contributed by atoms with Crippen LogP contribution in [0.4, 0.5) is 0 Å². The van der Waals surface area contributed by atoms with Gasteiger partial charge in [0.05, 0.1) is 12.1 Å². The van der Waals surface area contributed by atoms with Crippen molar-refractivity contribution in [2.24, 2.45) is 0 Å². The van der Waals surface area contributed by atoms with Crippen molar-refractivity contribution in [3.63, 3.8) is 0 Å². The molecule has 4 nitrogen and oxygen atoms in total. The first-order valence-electron chi connectivity index (χ1n) is 4.99. The van der Waals surface area contributed by atoms with Gasteiger partial charge in [-0.15, -0.1) is 0 Å². The third-order valence-corrected chi connectivity index (χ3v) is 2.49. The summed E-state index contributed by atoms with van der Waals surface area (Å²) in [7, 11) is 0. The van der Waals surface area contributed by atoms with Crippen molar-refractivity contribution in [3.8, 4) is 0 Å². The number of carboxylic acid groups (broad SMARTS) is 1. The first kappa shape index (κ1) is 9.24. The summed E-state index contributed by atoms with van der Waals surface area (Å²) in [5, 5.41) is 12.9. The molecule has 0 amide bonds. The summed E-state index contributed by atoms with van der Waals surface area (Å²) in [4.78, 5) is 10.5. The van der Waals surface area contributed by atoms with E-state index in [2.05, 4.69) is 5.10 Å². The lowest BCUT2D eigenvalue weighted by Crippen LogP contribution is -2.04. The van der Waals surface area contributed by atoms with E-state index in [1.54, 1.807) is 0 Å². The third kappa shape index (κ3) is 1.78. The lowest BCUT2D eigenvalue weighted by Gasteiger charge is -2.00. The fourth-order valence-electron chi connectivity index (χ4n) is 1.69. The van der Waals surface area contributed by atoms with E-state index in [1.165, 1.54) is 18.5 Å². The minimum atomic E-state index is -0.812. The van der Waals surface area contributed by atoms with Crippen LogP contribution in [-0.4, -0.2) is 20.9 Å². The van der Waals surface area contributed by atoms with Crippen LogP contribution in [0.2, 0.25) is 0 Å². The maximum Gasteiger partial charge on any atom is 0.309 e. The Balaban J connectivity index is 2.21. The fourth-order valence-corrected chi connectivity index (χ4v) is 1.69. The van der Waals surface area contributed by atoms with E-state index in [9.17, 15) is 4.79 Å². The lowest BCUT2D eigenvalue weighted by atomic mass is 10.2. The van der Waals surface area contributed by atoms with Crippen LogP contribution >= 0.6 is 0 Å². The van der Waals surface area contributed by atoms with Crippen molar-refractivity contribution in [1.82, 2.24) is 9.78 Å². The summed E-state index contributed by atoms with van der Waals surface area (Å²) >= 11 is 0. The number of aliphatic carboxylic acids is 1. The zero-order chi connectivity index (χ0) is 10.1. The van der Waals surface area contributed by atoms with Gasteiger partial charge in [-0.1, -0.05) is 0 Å². The van der Waals surface area contributed by atoms with Gasteiger partial charge in [0.1, 0.15) is 0 Å². The first-order valence-corrected chi connectivity index (χ1v) is 4.99. The molecule has 1 saturated carbocycles. The van der Waals surface area contributed by atoms with Gasteiger partial charge in [-0.25, -0.2) is 0 Å². The van der Waals surface area contributed by atoms with Crippen LogP contribution in [0, 0.1) is 0 Å². The quantitative estimate of drug-likeness (QED) is 0.788. The van der Waals surface area contributed by atoms with Gasteiger partial charge in [0.2, 0.25) is 0 Å².